The van der Waals surface area contributed by atoms with E-state index in [-0.39, 0.29) is 29.2 Å². The van der Waals surface area contributed by atoms with Crippen molar-refractivity contribution in [2.45, 2.75) is 31.9 Å². The maximum absolute atomic E-state index is 14.2. The number of nitrogens with one attached hydrogen (secondary N) is 1. The molecule has 1 aromatic heterocycles. The second-order valence-electron chi connectivity index (χ2n) is 8.09. The summed E-state index contributed by atoms with van der Waals surface area (Å²) in [6, 6.07) is 9.16. The highest BCUT2D eigenvalue weighted by Gasteiger charge is 2.44. The third-order valence-corrected chi connectivity index (χ3v) is 5.72. The van der Waals surface area contributed by atoms with Gasteiger partial charge < -0.3 is 16.8 Å². The first kappa shape index (κ1) is 23.1. The standard InChI is InChI=1S/C24H22F3N5O2/c1-13-4-9-16(25)11-17(13)23(34)30-12-14-5-7-15(8-6-14)20-19(22(29)33)21(28)32(31-20)18-3-2-10-24(18,26)27/h2-9,11,18H,10,12,28H2,1H3,(H2,29,33)(H,30,34). The topological polar surface area (TPSA) is 116 Å². The minimum absolute atomic E-state index is 0.0899. The third kappa shape index (κ3) is 4.26. The molecule has 0 saturated carbocycles. The van der Waals surface area contributed by atoms with Gasteiger partial charge in [0.1, 0.15) is 28.9 Å². The van der Waals surface area contributed by atoms with Crippen molar-refractivity contribution in [3.8, 4) is 11.3 Å². The number of allylic oxidation sites excluding steroid dienone is 2. The van der Waals surface area contributed by atoms with Crippen LogP contribution in [0, 0.1) is 12.7 Å². The fourth-order valence-electron chi connectivity index (χ4n) is 3.88. The second kappa shape index (κ2) is 8.69. The zero-order chi connectivity index (χ0) is 24.6. The number of carbonyl (C=O) groups excluding carboxylic acids is 2. The Kier molecular flexibility index (Phi) is 5.90. The highest BCUT2D eigenvalue weighted by Crippen LogP contribution is 2.41. The molecule has 0 spiro atoms. The van der Waals surface area contributed by atoms with E-state index in [2.05, 4.69) is 10.4 Å². The van der Waals surface area contributed by atoms with Gasteiger partial charge in [0, 0.05) is 24.1 Å². The fourth-order valence-corrected chi connectivity index (χ4v) is 3.88. The van der Waals surface area contributed by atoms with E-state index < -0.39 is 36.0 Å². The smallest absolute Gasteiger partial charge is 0.277 e. The molecule has 1 heterocycles. The van der Waals surface area contributed by atoms with Crippen LogP contribution in [0.1, 0.15) is 44.3 Å². The molecule has 176 valence electrons. The van der Waals surface area contributed by atoms with Gasteiger partial charge in [0.2, 0.25) is 0 Å². The number of benzene rings is 2. The third-order valence-electron chi connectivity index (χ3n) is 5.72. The molecule has 1 aliphatic rings. The lowest BCUT2D eigenvalue weighted by atomic mass is 10.0. The number of aromatic nitrogens is 2. The SMILES string of the molecule is Cc1ccc(F)cc1C(=O)NCc1ccc(-c2nn(C3C=CCC3(F)F)c(N)c2C(N)=O)cc1. The molecule has 0 saturated heterocycles. The van der Waals surface area contributed by atoms with Gasteiger partial charge in [0.05, 0.1) is 0 Å². The maximum atomic E-state index is 14.2. The summed E-state index contributed by atoms with van der Waals surface area (Å²) < 4.78 is 42.9. The number of rotatable bonds is 6. The largest absolute Gasteiger partial charge is 0.383 e. The van der Waals surface area contributed by atoms with Gasteiger partial charge in [-0.25, -0.2) is 17.9 Å². The van der Waals surface area contributed by atoms with Crippen LogP contribution in [-0.4, -0.2) is 27.5 Å². The normalized spacial score (nSPS) is 16.5. The summed E-state index contributed by atoms with van der Waals surface area (Å²) in [5, 5.41) is 6.92. The first-order valence-corrected chi connectivity index (χ1v) is 10.4. The van der Waals surface area contributed by atoms with Crippen LogP contribution in [0.2, 0.25) is 0 Å². The number of nitrogen functional groups attached to an aromatic ring is 1. The first-order chi connectivity index (χ1) is 16.1. The molecule has 1 aliphatic carbocycles. The predicted octanol–water partition coefficient (Wildman–Crippen LogP) is 3.75. The Morgan fingerprint density at radius 1 is 1.21 bits per heavy atom. The Morgan fingerprint density at radius 3 is 2.53 bits per heavy atom. The Hall–Kier alpha value is -4.08. The molecule has 5 N–H and O–H groups in total. The molecule has 34 heavy (non-hydrogen) atoms. The molecule has 0 aliphatic heterocycles. The van der Waals surface area contributed by atoms with Gasteiger partial charge in [0.15, 0.2) is 0 Å². The van der Waals surface area contributed by atoms with E-state index in [1.54, 1.807) is 31.2 Å². The molecule has 4 rings (SSSR count). The van der Waals surface area contributed by atoms with Crippen LogP contribution in [-0.2, 0) is 6.54 Å². The number of carbonyl (C=O) groups is 2. The van der Waals surface area contributed by atoms with Crippen molar-refractivity contribution < 1.29 is 22.8 Å². The molecular weight excluding hydrogens is 447 g/mol. The van der Waals surface area contributed by atoms with Gasteiger partial charge in [-0.3, -0.25) is 9.59 Å². The number of anilines is 1. The van der Waals surface area contributed by atoms with Crippen molar-refractivity contribution >= 4 is 17.6 Å². The summed E-state index contributed by atoms with van der Waals surface area (Å²) in [6.45, 7) is 1.87. The van der Waals surface area contributed by atoms with E-state index in [0.29, 0.717) is 16.7 Å². The van der Waals surface area contributed by atoms with E-state index in [1.165, 1.54) is 30.4 Å². The molecule has 1 atom stereocenters. The number of alkyl halides is 2. The van der Waals surface area contributed by atoms with Gasteiger partial charge in [-0.15, -0.1) is 0 Å². The van der Waals surface area contributed by atoms with Crippen molar-refractivity contribution in [3.05, 3.63) is 82.7 Å². The summed E-state index contributed by atoms with van der Waals surface area (Å²) >= 11 is 0. The van der Waals surface area contributed by atoms with Crippen LogP contribution in [0.3, 0.4) is 0 Å². The Balaban J connectivity index is 1.56. The number of aryl methyl sites for hydroxylation is 1. The van der Waals surface area contributed by atoms with Crippen LogP contribution >= 0.6 is 0 Å². The van der Waals surface area contributed by atoms with Crippen molar-refractivity contribution in [2.75, 3.05) is 5.73 Å². The van der Waals surface area contributed by atoms with Gasteiger partial charge in [-0.05, 0) is 30.2 Å². The number of nitrogens with zero attached hydrogens (tertiary/aromatic N) is 2. The zero-order valence-electron chi connectivity index (χ0n) is 18.2. The summed E-state index contributed by atoms with van der Waals surface area (Å²) in [5.74, 6) is -5.13. The summed E-state index contributed by atoms with van der Waals surface area (Å²) in [6.07, 6.45) is 2.18. The number of halogens is 3. The van der Waals surface area contributed by atoms with Gasteiger partial charge in [0.25, 0.3) is 17.7 Å². The van der Waals surface area contributed by atoms with Gasteiger partial charge >= 0.3 is 0 Å². The highest BCUT2D eigenvalue weighted by atomic mass is 19.3. The van der Waals surface area contributed by atoms with Gasteiger partial charge in [-0.2, -0.15) is 5.10 Å². The van der Waals surface area contributed by atoms with Crippen LogP contribution in [0.4, 0.5) is 19.0 Å². The summed E-state index contributed by atoms with van der Waals surface area (Å²) in [7, 11) is 0. The van der Waals surface area contributed by atoms with Crippen LogP contribution < -0.4 is 16.8 Å². The van der Waals surface area contributed by atoms with Crippen LogP contribution in [0.25, 0.3) is 11.3 Å². The number of nitrogens with two attached hydrogens (primary N) is 2. The predicted molar refractivity (Wildman–Crippen MR) is 121 cm³/mol. The molecule has 0 radical (unpaired) electrons. The van der Waals surface area contributed by atoms with Gasteiger partial charge in [-0.1, -0.05) is 42.5 Å². The van der Waals surface area contributed by atoms with E-state index >= 15 is 0 Å². The zero-order valence-corrected chi connectivity index (χ0v) is 18.2. The molecule has 1 unspecified atom stereocenters. The number of hydrogen-bond donors (Lipinski definition) is 3. The van der Waals surface area contributed by atoms with Crippen molar-refractivity contribution in [2.24, 2.45) is 5.73 Å². The highest BCUT2D eigenvalue weighted by molar-refractivity contribution is 6.03. The summed E-state index contributed by atoms with van der Waals surface area (Å²) in [4.78, 5) is 24.4. The molecule has 10 heteroatoms. The Labute approximate surface area is 193 Å². The van der Waals surface area contributed by atoms with Crippen molar-refractivity contribution in [3.63, 3.8) is 0 Å². The molecule has 3 aromatic rings. The lowest BCUT2D eigenvalue weighted by Gasteiger charge is -2.20. The maximum Gasteiger partial charge on any atom is 0.277 e. The second-order valence-corrected chi connectivity index (χ2v) is 8.09. The Morgan fingerprint density at radius 2 is 1.91 bits per heavy atom. The van der Waals surface area contributed by atoms with E-state index in [0.717, 1.165) is 4.68 Å². The van der Waals surface area contributed by atoms with Crippen LogP contribution in [0.15, 0.2) is 54.6 Å². The quantitative estimate of drug-likeness (QED) is 0.477. The van der Waals surface area contributed by atoms with Crippen molar-refractivity contribution in [1.82, 2.24) is 15.1 Å². The van der Waals surface area contributed by atoms with E-state index in [1.807, 2.05) is 0 Å². The average Bonchev–Trinajstić information content (AvgIpc) is 3.32. The molecule has 2 amide bonds. The molecular formula is C24H22F3N5O2. The molecule has 0 bridgehead atoms. The number of hydrogen-bond acceptors (Lipinski definition) is 4. The number of amides is 2. The summed E-state index contributed by atoms with van der Waals surface area (Å²) in [5.41, 5.74) is 13.4. The monoisotopic (exact) mass is 469 g/mol. The minimum Gasteiger partial charge on any atom is -0.383 e. The lowest BCUT2D eigenvalue weighted by molar-refractivity contribution is -0.0251. The molecule has 0 fully saturated rings. The van der Waals surface area contributed by atoms with E-state index in [9.17, 15) is 22.8 Å². The number of primary amides is 1. The average molecular weight is 469 g/mol. The fraction of sp³-hybridized carbons (Fsp3) is 0.208. The molecule has 2 aromatic carbocycles. The Bertz CT molecular complexity index is 1300. The molecule has 7 nitrogen and oxygen atoms in total. The van der Waals surface area contributed by atoms with Crippen molar-refractivity contribution in [1.29, 1.82) is 0 Å². The first-order valence-electron chi connectivity index (χ1n) is 10.4. The minimum atomic E-state index is -3.09. The van der Waals surface area contributed by atoms with Crippen LogP contribution in [0.5, 0.6) is 0 Å². The lowest BCUT2D eigenvalue weighted by Crippen LogP contribution is -2.27. The van der Waals surface area contributed by atoms with E-state index in [4.69, 9.17) is 11.5 Å².